The number of sulfonamides is 1. The number of ether oxygens (including phenoxy) is 2. The molecule has 176 valence electrons. The number of hydrogen-bond donors (Lipinski definition) is 1. The number of aryl methyl sites for hydroxylation is 1. The number of carbonyl (C=O) groups excluding carboxylic acids is 1. The molecule has 10 nitrogen and oxygen atoms in total. The average Bonchev–Trinajstić information content (AvgIpc) is 3.11. The van der Waals surface area contributed by atoms with Gasteiger partial charge in [0, 0.05) is 32.3 Å². The third kappa shape index (κ3) is 4.33. The molecule has 0 aliphatic carbocycles. The van der Waals surface area contributed by atoms with E-state index in [2.05, 4.69) is 5.32 Å². The van der Waals surface area contributed by atoms with E-state index in [0.717, 1.165) is 0 Å². The minimum atomic E-state index is -3.88. The molecule has 0 saturated carbocycles. The van der Waals surface area contributed by atoms with Crippen molar-refractivity contribution in [1.29, 1.82) is 0 Å². The number of benzene rings is 2. The highest BCUT2D eigenvalue weighted by Crippen LogP contribution is 2.31. The number of nitrogens with zero attached hydrogens (tertiary/aromatic N) is 2. The van der Waals surface area contributed by atoms with E-state index in [4.69, 9.17) is 13.9 Å². The van der Waals surface area contributed by atoms with Gasteiger partial charge >= 0.3 is 5.76 Å². The predicted octanol–water partition coefficient (Wildman–Crippen LogP) is 2.19. The molecule has 1 saturated heterocycles. The number of rotatable bonds is 6. The minimum absolute atomic E-state index is 0.0138. The van der Waals surface area contributed by atoms with Gasteiger partial charge in [-0.3, -0.25) is 9.36 Å². The first kappa shape index (κ1) is 22.9. The molecular weight excluding hydrogens is 450 g/mol. The van der Waals surface area contributed by atoms with Crippen molar-refractivity contribution in [1.82, 2.24) is 8.87 Å². The van der Waals surface area contributed by atoms with Crippen molar-refractivity contribution in [2.45, 2.75) is 17.7 Å². The number of carbonyl (C=O) groups is 1. The molecule has 33 heavy (non-hydrogen) atoms. The van der Waals surface area contributed by atoms with Crippen molar-refractivity contribution in [3.63, 3.8) is 0 Å². The van der Waals surface area contributed by atoms with Crippen molar-refractivity contribution in [2.75, 3.05) is 32.6 Å². The molecule has 0 spiro atoms. The van der Waals surface area contributed by atoms with E-state index in [1.807, 2.05) is 0 Å². The van der Waals surface area contributed by atoms with Crippen molar-refractivity contribution in [3.8, 4) is 11.5 Å². The second-order valence-corrected chi connectivity index (χ2v) is 9.75. The van der Waals surface area contributed by atoms with Crippen molar-refractivity contribution < 1.29 is 27.1 Å². The van der Waals surface area contributed by atoms with Crippen LogP contribution in [-0.4, -0.2) is 50.5 Å². The number of aromatic nitrogens is 1. The summed E-state index contributed by atoms with van der Waals surface area (Å²) < 4.78 is 44.8. The van der Waals surface area contributed by atoms with Gasteiger partial charge in [-0.15, -0.1) is 0 Å². The molecule has 1 atom stereocenters. The fourth-order valence-electron chi connectivity index (χ4n) is 3.94. The third-order valence-electron chi connectivity index (χ3n) is 5.82. The maximum atomic E-state index is 13.3. The SMILES string of the molecule is COc1ccc(OC)c(NC(=O)[C@@H]2CCCN(S(=O)(=O)c3ccc4c(c3)oc(=O)n4C)C2)c1. The number of fused-ring (bicyclic) bond motifs is 1. The quantitative estimate of drug-likeness (QED) is 0.580. The van der Waals surface area contributed by atoms with Crippen LogP contribution in [0.15, 0.2) is 50.5 Å². The van der Waals surface area contributed by atoms with Gasteiger partial charge in [-0.1, -0.05) is 0 Å². The molecule has 2 heterocycles. The molecule has 1 amide bonds. The molecule has 1 aromatic heterocycles. The van der Waals surface area contributed by atoms with Crippen LogP contribution >= 0.6 is 0 Å². The number of methoxy groups -OCH3 is 2. The fourth-order valence-corrected chi connectivity index (χ4v) is 5.48. The lowest BCUT2D eigenvalue weighted by molar-refractivity contribution is -0.120. The van der Waals surface area contributed by atoms with Gasteiger partial charge in [0.15, 0.2) is 5.58 Å². The summed E-state index contributed by atoms with van der Waals surface area (Å²) >= 11 is 0. The van der Waals surface area contributed by atoms with E-state index in [1.54, 1.807) is 25.2 Å². The Hall–Kier alpha value is -3.31. The molecule has 1 N–H and O–H groups in total. The Morgan fingerprint density at radius 3 is 2.67 bits per heavy atom. The Morgan fingerprint density at radius 2 is 1.94 bits per heavy atom. The van der Waals surface area contributed by atoms with Gasteiger partial charge in [-0.2, -0.15) is 4.31 Å². The lowest BCUT2D eigenvalue weighted by atomic mass is 9.98. The lowest BCUT2D eigenvalue weighted by Gasteiger charge is -2.31. The first-order valence-corrected chi connectivity index (χ1v) is 11.8. The molecule has 1 aliphatic rings. The Kier molecular flexibility index (Phi) is 6.17. The van der Waals surface area contributed by atoms with Gasteiger partial charge in [0.05, 0.1) is 36.2 Å². The number of piperidine rings is 1. The fraction of sp³-hybridized carbons (Fsp3) is 0.364. The van der Waals surface area contributed by atoms with Crippen molar-refractivity contribution in [2.24, 2.45) is 13.0 Å². The molecule has 0 radical (unpaired) electrons. The molecule has 11 heteroatoms. The largest absolute Gasteiger partial charge is 0.497 e. The summed E-state index contributed by atoms with van der Waals surface area (Å²) in [6.45, 7) is 0.336. The topological polar surface area (TPSA) is 120 Å². The van der Waals surface area contributed by atoms with Gasteiger partial charge in [-0.25, -0.2) is 13.2 Å². The van der Waals surface area contributed by atoms with E-state index in [9.17, 15) is 18.0 Å². The molecule has 0 bridgehead atoms. The van der Waals surface area contributed by atoms with Crippen molar-refractivity contribution in [3.05, 3.63) is 46.9 Å². The molecule has 1 fully saturated rings. The zero-order valence-electron chi connectivity index (χ0n) is 18.5. The summed E-state index contributed by atoms with van der Waals surface area (Å²) in [5.41, 5.74) is 1.15. The summed E-state index contributed by atoms with van der Waals surface area (Å²) in [5, 5.41) is 2.83. The Labute approximate surface area is 190 Å². The highest BCUT2D eigenvalue weighted by atomic mass is 32.2. The van der Waals surface area contributed by atoms with E-state index < -0.39 is 21.7 Å². The van der Waals surface area contributed by atoms with Gasteiger partial charge in [-0.05, 0) is 37.1 Å². The van der Waals surface area contributed by atoms with Gasteiger partial charge in [0.25, 0.3) is 0 Å². The normalized spacial score (nSPS) is 17.1. The van der Waals surface area contributed by atoms with Crippen LogP contribution in [-0.2, 0) is 21.9 Å². The van der Waals surface area contributed by atoms with Gasteiger partial charge < -0.3 is 19.2 Å². The monoisotopic (exact) mass is 475 g/mol. The van der Waals surface area contributed by atoms with Gasteiger partial charge in [0.1, 0.15) is 11.5 Å². The molecule has 2 aromatic carbocycles. The summed E-state index contributed by atoms with van der Waals surface area (Å²) in [4.78, 5) is 24.7. The van der Waals surface area contributed by atoms with Crippen LogP contribution in [0.2, 0.25) is 0 Å². The second kappa shape index (κ2) is 8.91. The maximum absolute atomic E-state index is 13.3. The molecular formula is C22H25N3O7S. The number of nitrogens with one attached hydrogen (secondary N) is 1. The Balaban J connectivity index is 1.54. The van der Waals surface area contributed by atoms with E-state index in [1.165, 1.54) is 41.3 Å². The molecule has 1 aliphatic heterocycles. The first-order valence-electron chi connectivity index (χ1n) is 10.4. The minimum Gasteiger partial charge on any atom is -0.497 e. The lowest BCUT2D eigenvalue weighted by Crippen LogP contribution is -2.43. The summed E-state index contributed by atoms with van der Waals surface area (Å²) in [5.74, 6) is -0.375. The van der Waals surface area contributed by atoms with E-state index in [0.29, 0.717) is 42.1 Å². The predicted molar refractivity (Wildman–Crippen MR) is 121 cm³/mol. The Bertz CT molecular complexity index is 1360. The van der Waals surface area contributed by atoms with Crippen LogP contribution in [0.25, 0.3) is 11.1 Å². The van der Waals surface area contributed by atoms with Crippen LogP contribution in [0.5, 0.6) is 11.5 Å². The van der Waals surface area contributed by atoms with Crippen LogP contribution in [0.4, 0.5) is 5.69 Å². The summed E-state index contributed by atoms with van der Waals surface area (Å²) in [7, 11) is 0.688. The average molecular weight is 476 g/mol. The van der Waals surface area contributed by atoms with Crippen LogP contribution in [0, 0.1) is 5.92 Å². The standard InChI is InChI=1S/C22H25N3O7S/c1-24-18-8-7-16(12-20(18)32-22(24)27)33(28,29)25-10-4-5-14(13-25)21(26)23-17-11-15(30-2)6-9-19(17)31-3/h6-9,11-12,14H,4-5,10,13H2,1-3H3,(H,23,26)/t14-/m1/s1. The smallest absolute Gasteiger partial charge is 0.419 e. The third-order valence-corrected chi connectivity index (χ3v) is 7.68. The van der Waals surface area contributed by atoms with E-state index in [-0.39, 0.29) is 22.9 Å². The number of anilines is 1. The van der Waals surface area contributed by atoms with Crippen LogP contribution in [0.1, 0.15) is 12.8 Å². The second-order valence-electron chi connectivity index (χ2n) is 7.81. The summed E-state index contributed by atoms with van der Waals surface area (Å²) in [6, 6.07) is 9.38. The van der Waals surface area contributed by atoms with E-state index >= 15 is 0 Å². The summed E-state index contributed by atoms with van der Waals surface area (Å²) in [6.07, 6.45) is 1.09. The van der Waals surface area contributed by atoms with Crippen molar-refractivity contribution >= 4 is 32.7 Å². The number of amides is 1. The highest BCUT2D eigenvalue weighted by molar-refractivity contribution is 7.89. The zero-order valence-corrected chi connectivity index (χ0v) is 19.3. The number of oxazole rings is 1. The maximum Gasteiger partial charge on any atom is 0.419 e. The van der Waals surface area contributed by atoms with Crippen LogP contribution in [0.3, 0.4) is 0 Å². The first-order chi connectivity index (χ1) is 15.7. The Morgan fingerprint density at radius 1 is 1.15 bits per heavy atom. The number of hydrogen-bond acceptors (Lipinski definition) is 7. The zero-order chi connectivity index (χ0) is 23.8. The molecule has 0 unspecified atom stereocenters. The molecule has 4 rings (SSSR count). The van der Waals surface area contributed by atoms with Crippen LogP contribution < -0.4 is 20.5 Å². The highest BCUT2D eigenvalue weighted by Gasteiger charge is 2.34. The molecule has 3 aromatic rings. The van der Waals surface area contributed by atoms with Gasteiger partial charge in [0.2, 0.25) is 15.9 Å².